The number of hydrogen-bond acceptors (Lipinski definition) is 2. The van der Waals surface area contributed by atoms with E-state index in [-0.39, 0.29) is 11.5 Å². The molecule has 25 heavy (non-hydrogen) atoms. The average molecular weight is 347 g/mol. The fraction of sp³-hybridized carbons (Fsp3) is 0.696. The lowest BCUT2D eigenvalue weighted by atomic mass is 9.99. The van der Waals surface area contributed by atoms with Crippen LogP contribution in [0.5, 0.6) is 5.75 Å². The average Bonchev–Trinajstić information content (AvgIpc) is 2.58. The van der Waals surface area contributed by atoms with Crippen LogP contribution in [-0.4, -0.2) is 10.9 Å². The van der Waals surface area contributed by atoms with E-state index in [1.165, 1.54) is 70.6 Å². The van der Waals surface area contributed by atoms with Crippen LogP contribution in [0.25, 0.3) is 0 Å². The van der Waals surface area contributed by atoms with Crippen molar-refractivity contribution in [3.05, 3.63) is 29.3 Å². The summed E-state index contributed by atoms with van der Waals surface area (Å²) in [6, 6.07) is 5.01. The number of unbranched alkanes of at least 4 members (excludes halogenated alkanes) is 12. The van der Waals surface area contributed by atoms with Gasteiger partial charge in [-0.1, -0.05) is 84.0 Å². The number of hydrogen-bond donors (Lipinski definition) is 1. The number of aromatic hydroxyl groups is 1. The molecule has 0 atom stereocenters. The molecule has 0 saturated heterocycles. The number of rotatable bonds is 15. The van der Waals surface area contributed by atoms with Crippen molar-refractivity contribution in [2.75, 3.05) is 0 Å². The van der Waals surface area contributed by atoms with Crippen LogP contribution in [0.2, 0.25) is 0 Å². The summed E-state index contributed by atoms with van der Waals surface area (Å²) < 4.78 is 0. The molecule has 0 aromatic heterocycles. The van der Waals surface area contributed by atoms with Gasteiger partial charge in [0, 0.05) is 12.0 Å². The summed E-state index contributed by atoms with van der Waals surface area (Å²) in [5, 5.41) is 9.41. The lowest BCUT2D eigenvalue weighted by Crippen LogP contribution is -2.01. The number of ketones is 1. The Morgan fingerprint density at radius 3 is 1.76 bits per heavy atom. The number of aryl methyl sites for hydroxylation is 1. The first-order valence-corrected chi connectivity index (χ1v) is 10.5. The van der Waals surface area contributed by atoms with Crippen molar-refractivity contribution < 1.29 is 9.90 Å². The molecule has 0 radical (unpaired) electrons. The fourth-order valence-corrected chi connectivity index (χ4v) is 3.40. The molecule has 0 aliphatic heterocycles. The van der Waals surface area contributed by atoms with Crippen LogP contribution < -0.4 is 0 Å². The maximum atomic E-state index is 12.2. The molecule has 0 aliphatic rings. The van der Waals surface area contributed by atoms with E-state index >= 15 is 0 Å². The summed E-state index contributed by atoms with van der Waals surface area (Å²) >= 11 is 0. The zero-order chi connectivity index (χ0) is 18.3. The molecule has 1 N–H and O–H groups in total. The Labute approximate surface area is 155 Å². The Kier molecular flexibility index (Phi) is 12.1. The van der Waals surface area contributed by atoms with Crippen LogP contribution in [0.1, 0.15) is 113 Å². The number of carbonyl (C=O) groups is 1. The van der Waals surface area contributed by atoms with Crippen molar-refractivity contribution >= 4 is 5.78 Å². The Bertz CT molecular complexity index is 479. The molecule has 0 aliphatic carbocycles. The minimum atomic E-state index is 0.209. The molecule has 0 bridgehead atoms. The number of Topliss-reactive ketones (excluding diaryl/α,β-unsaturated/α-hetero) is 1. The van der Waals surface area contributed by atoms with Crippen molar-refractivity contribution in [1.82, 2.24) is 0 Å². The van der Waals surface area contributed by atoms with Gasteiger partial charge in [-0.05, 0) is 37.1 Å². The molecule has 0 unspecified atom stereocenters. The molecule has 0 spiro atoms. The van der Waals surface area contributed by atoms with Crippen LogP contribution in [0.3, 0.4) is 0 Å². The molecule has 0 amide bonds. The third kappa shape index (κ3) is 10.3. The third-order valence-corrected chi connectivity index (χ3v) is 5.02. The first-order chi connectivity index (χ1) is 12.1. The predicted octanol–water partition coefficient (Wildman–Crippen LogP) is 7.36. The number of phenolic OH excluding ortho intramolecular Hbond substituents is 1. The molecule has 0 fully saturated rings. The number of benzene rings is 1. The summed E-state index contributed by atoms with van der Waals surface area (Å²) in [6.45, 7) is 4.15. The highest BCUT2D eigenvalue weighted by Gasteiger charge is 2.09. The van der Waals surface area contributed by atoms with Gasteiger partial charge in [-0.2, -0.15) is 0 Å². The Morgan fingerprint density at radius 2 is 1.28 bits per heavy atom. The maximum Gasteiger partial charge on any atom is 0.163 e. The highest BCUT2D eigenvalue weighted by atomic mass is 16.3. The van der Waals surface area contributed by atoms with Crippen LogP contribution in [0, 0.1) is 6.92 Å². The minimum Gasteiger partial charge on any atom is -0.508 e. The topological polar surface area (TPSA) is 37.3 Å². The molecule has 1 aromatic rings. The molecule has 2 nitrogen and oxygen atoms in total. The summed E-state index contributed by atoms with van der Waals surface area (Å²) in [7, 11) is 0. The molecule has 1 rings (SSSR count). The lowest BCUT2D eigenvalue weighted by molar-refractivity contribution is 0.0978. The normalized spacial score (nSPS) is 11.0. The summed E-state index contributed by atoms with van der Waals surface area (Å²) in [5.74, 6) is 0.440. The lowest BCUT2D eigenvalue weighted by Gasteiger charge is -2.06. The van der Waals surface area contributed by atoms with Gasteiger partial charge in [0.25, 0.3) is 0 Å². The van der Waals surface area contributed by atoms with E-state index in [2.05, 4.69) is 6.92 Å². The van der Waals surface area contributed by atoms with Crippen molar-refractivity contribution in [3.8, 4) is 5.75 Å². The van der Waals surface area contributed by atoms with Crippen LogP contribution in [0.15, 0.2) is 18.2 Å². The second-order valence-corrected chi connectivity index (χ2v) is 7.42. The van der Waals surface area contributed by atoms with Crippen molar-refractivity contribution in [3.63, 3.8) is 0 Å². The predicted molar refractivity (Wildman–Crippen MR) is 107 cm³/mol. The molecule has 0 saturated carbocycles. The largest absolute Gasteiger partial charge is 0.508 e. The van der Waals surface area contributed by atoms with Gasteiger partial charge < -0.3 is 5.11 Å². The monoisotopic (exact) mass is 346 g/mol. The van der Waals surface area contributed by atoms with Crippen LogP contribution in [0.4, 0.5) is 0 Å². The Balaban J connectivity index is 1.94. The van der Waals surface area contributed by atoms with Gasteiger partial charge in [-0.25, -0.2) is 0 Å². The van der Waals surface area contributed by atoms with E-state index in [9.17, 15) is 9.90 Å². The van der Waals surface area contributed by atoms with Gasteiger partial charge >= 0.3 is 0 Å². The van der Waals surface area contributed by atoms with Gasteiger partial charge in [-0.3, -0.25) is 4.79 Å². The number of phenols is 1. The second kappa shape index (κ2) is 13.9. The van der Waals surface area contributed by atoms with E-state index < -0.39 is 0 Å². The molecule has 1 aromatic carbocycles. The molecular weight excluding hydrogens is 308 g/mol. The van der Waals surface area contributed by atoms with Crippen LogP contribution >= 0.6 is 0 Å². The summed E-state index contributed by atoms with van der Waals surface area (Å²) in [6.07, 6.45) is 17.8. The van der Waals surface area contributed by atoms with Gasteiger partial charge in [0.1, 0.15) is 5.75 Å². The second-order valence-electron chi connectivity index (χ2n) is 7.42. The zero-order valence-electron chi connectivity index (χ0n) is 16.5. The van der Waals surface area contributed by atoms with E-state index in [4.69, 9.17) is 0 Å². The van der Waals surface area contributed by atoms with E-state index in [0.29, 0.717) is 6.42 Å². The Hall–Kier alpha value is -1.31. The fourth-order valence-electron chi connectivity index (χ4n) is 3.40. The SMILES string of the molecule is CCCCCCCCCCCCCCCC(=O)c1ccc(O)cc1C. The van der Waals surface area contributed by atoms with Gasteiger partial charge in [0.05, 0.1) is 0 Å². The quantitative estimate of drug-likeness (QED) is 0.266. The first-order valence-electron chi connectivity index (χ1n) is 10.5. The van der Waals surface area contributed by atoms with Crippen molar-refractivity contribution in [1.29, 1.82) is 0 Å². The summed E-state index contributed by atoms with van der Waals surface area (Å²) in [5.41, 5.74) is 1.64. The standard InChI is InChI=1S/C23H38O2/c1-3-4-5-6-7-8-9-10-11-12-13-14-15-16-23(25)22-18-17-21(24)19-20(22)2/h17-19,24H,3-16H2,1-2H3. The Morgan fingerprint density at radius 1 is 0.800 bits per heavy atom. The molecule has 0 heterocycles. The zero-order valence-corrected chi connectivity index (χ0v) is 16.5. The number of carbonyl (C=O) groups excluding carboxylic acids is 1. The maximum absolute atomic E-state index is 12.2. The van der Waals surface area contributed by atoms with Gasteiger partial charge in [-0.15, -0.1) is 0 Å². The van der Waals surface area contributed by atoms with Crippen LogP contribution in [-0.2, 0) is 0 Å². The molecular formula is C23H38O2. The first kappa shape index (κ1) is 21.7. The van der Waals surface area contributed by atoms with E-state index in [0.717, 1.165) is 24.0 Å². The van der Waals surface area contributed by atoms with E-state index in [1.807, 2.05) is 6.92 Å². The minimum absolute atomic E-state index is 0.209. The van der Waals surface area contributed by atoms with Crippen molar-refractivity contribution in [2.45, 2.75) is 104 Å². The molecule has 2 heteroatoms. The van der Waals surface area contributed by atoms with Crippen molar-refractivity contribution in [2.24, 2.45) is 0 Å². The smallest absolute Gasteiger partial charge is 0.163 e. The third-order valence-electron chi connectivity index (χ3n) is 5.02. The highest BCUT2D eigenvalue weighted by molar-refractivity contribution is 5.97. The highest BCUT2D eigenvalue weighted by Crippen LogP contribution is 2.19. The van der Waals surface area contributed by atoms with E-state index in [1.54, 1.807) is 18.2 Å². The van der Waals surface area contributed by atoms with Gasteiger partial charge in [0.15, 0.2) is 5.78 Å². The van der Waals surface area contributed by atoms with Gasteiger partial charge in [0.2, 0.25) is 0 Å². The summed E-state index contributed by atoms with van der Waals surface area (Å²) in [4.78, 5) is 12.2. The molecule has 142 valence electrons.